The van der Waals surface area contributed by atoms with Crippen LogP contribution in [0.15, 0.2) is 12.3 Å². The molecule has 20 heavy (non-hydrogen) atoms. The maximum Gasteiger partial charge on any atom is 0.268 e. The van der Waals surface area contributed by atoms with Crippen molar-refractivity contribution in [1.82, 2.24) is 9.88 Å². The number of carbonyl (C=O) groups excluding carboxylic acids is 1. The molecule has 1 aromatic rings. The highest BCUT2D eigenvalue weighted by Gasteiger charge is 2.33. The molecule has 1 saturated carbocycles. The molecule has 0 spiro atoms. The van der Waals surface area contributed by atoms with Crippen LogP contribution < -0.4 is 11.1 Å². The maximum absolute atomic E-state index is 12.6. The van der Waals surface area contributed by atoms with E-state index in [1.165, 1.54) is 19.3 Å². The molecular formula is C16H27N3O. The predicted molar refractivity (Wildman–Crippen MR) is 82.7 cm³/mol. The summed E-state index contributed by atoms with van der Waals surface area (Å²) in [5, 5.41) is 3.22. The Morgan fingerprint density at radius 3 is 2.75 bits per heavy atom. The summed E-state index contributed by atoms with van der Waals surface area (Å²) in [5.41, 5.74) is 7.33. The van der Waals surface area contributed by atoms with E-state index in [0.717, 1.165) is 6.42 Å². The van der Waals surface area contributed by atoms with Gasteiger partial charge < -0.3 is 15.6 Å². The first kappa shape index (κ1) is 14.9. The lowest BCUT2D eigenvalue weighted by Crippen LogP contribution is -2.47. The third-order valence-corrected chi connectivity index (χ3v) is 4.47. The Balaban J connectivity index is 2.16. The van der Waals surface area contributed by atoms with E-state index in [0.29, 0.717) is 11.4 Å². The van der Waals surface area contributed by atoms with Crippen molar-refractivity contribution < 1.29 is 4.79 Å². The first-order chi connectivity index (χ1) is 9.31. The highest BCUT2D eigenvalue weighted by molar-refractivity contribution is 5.94. The summed E-state index contributed by atoms with van der Waals surface area (Å²) in [5.74, 6) is -0.00428. The molecule has 3 N–H and O–H groups in total. The number of nitrogens with zero attached hydrogens (tertiary/aromatic N) is 1. The Hall–Kier alpha value is -1.45. The average molecular weight is 277 g/mol. The van der Waals surface area contributed by atoms with Crippen molar-refractivity contribution >= 4 is 11.6 Å². The second kappa shape index (κ2) is 5.51. The van der Waals surface area contributed by atoms with Crippen molar-refractivity contribution in [3.8, 4) is 0 Å². The van der Waals surface area contributed by atoms with Gasteiger partial charge in [-0.2, -0.15) is 0 Å². The van der Waals surface area contributed by atoms with Crippen LogP contribution in [0.5, 0.6) is 0 Å². The molecule has 1 unspecified atom stereocenters. The molecule has 0 aromatic carbocycles. The van der Waals surface area contributed by atoms with Crippen LogP contribution in [0, 0.1) is 5.41 Å². The Morgan fingerprint density at radius 2 is 2.15 bits per heavy atom. The summed E-state index contributed by atoms with van der Waals surface area (Å²) in [6.07, 6.45) is 6.53. The fourth-order valence-electron chi connectivity index (χ4n) is 3.10. The molecular weight excluding hydrogens is 250 g/mol. The topological polar surface area (TPSA) is 60.0 Å². The third-order valence-electron chi connectivity index (χ3n) is 4.47. The van der Waals surface area contributed by atoms with Gasteiger partial charge in [-0.1, -0.05) is 26.7 Å². The summed E-state index contributed by atoms with van der Waals surface area (Å²) < 4.78 is 1.94. The van der Waals surface area contributed by atoms with Crippen molar-refractivity contribution in [2.45, 2.75) is 65.5 Å². The largest absolute Gasteiger partial charge is 0.397 e. The quantitative estimate of drug-likeness (QED) is 0.890. The van der Waals surface area contributed by atoms with Gasteiger partial charge in [-0.3, -0.25) is 4.79 Å². The van der Waals surface area contributed by atoms with Gasteiger partial charge in [0.2, 0.25) is 0 Å². The molecule has 1 fully saturated rings. The van der Waals surface area contributed by atoms with E-state index in [4.69, 9.17) is 5.73 Å². The number of nitrogens with two attached hydrogens (primary N) is 1. The highest BCUT2D eigenvalue weighted by Crippen LogP contribution is 2.35. The number of aromatic nitrogens is 1. The van der Waals surface area contributed by atoms with Crippen molar-refractivity contribution in [3.05, 3.63) is 18.0 Å². The van der Waals surface area contributed by atoms with Crippen LogP contribution in [0.25, 0.3) is 0 Å². The molecule has 4 nitrogen and oxygen atoms in total. The first-order valence-corrected chi connectivity index (χ1v) is 7.59. The fraction of sp³-hybridized carbons (Fsp3) is 0.688. The zero-order valence-electron chi connectivity index (χ0n) is 13.1. The molecule has 4 heteroatoms. The second-order valence-electron chi connectivity index (χ2n) is 6.92. The average Bonchev–Trinajstić information content (AvgIpc) is 2.74. The van der Waals surface area contributed by atoms with Gasteiger partial charge in [-0.25, -0.2) is 0 Å². The van der Waals surface area contributed by atoms with Gasteiger partial charge in [0.05, 0.1) is 5.69 Å². The van der Waals surface area contributed by atoms with Crippen LogP contribution in [0.4, 0.5) is 5.69 Å². The summed E-state index contributed by atoms with van der Waals surface area (Å²) >= 11 is 0. The number of rotatable bonds is 3. The Morgan fingerprint density at radius 1 is 1.45 bits per heavy atom. The number of anilines is 1. The van der Waals surface area contributed by atoms with Crippen molar-refractivity contribution in [2.24, 2.45) is 5.41 Å². The predicted octanol–water partition coefficient (Wildman–Crippen LogP) is 3.35. The van der Waals surface area contributed by atoms with Gasteiger partial charge in [0.1, 0.15) is 5.69 Å². The number of hydrogen-bond donors (Lipinski definition) is 2. The minimum absolute atomic E-state index is 0.00428. The zero-order valence-corrected chi connectivity index (χ0v) is 13.1. The minimum Gasteiger partial charge on any atom is -0.397 e. The molecule has 0 radical (unpaired) electrons. The van der Waals surface area contributed by atoms with Crippen LogP contribution in [0.1, 0.15) is 69.9 Å². The molecule has 0 saturated heterocycles. The lowest BCUT2D eigenvalue weighted by Gasteiger charge is -2.39. The molecule has 1 aliphatic carbocycles. The fourth-order valence-corrected chi connectivity index (χ4v) is 3.10. The Bertz CT molecular complexity index is 488. The smallest absolute Gasteiger partial charge is 0.268 e. The molecule has 1 aromatic heterocycles. The lowest BCUT2D eigenvalue weighted by atomic mass is 9.73. The SMILES string of the molecule is CC(C)n1cc(N)cc1C(=O)NC1CCCCC1(C)C. The Labute approximate surface area is 121 Å². The summed E-state index contributed by atoms with van der Waals surface area (Å²) in [7, 11) is 0. The zero-order chi connectivity index (χ0) is 14.9. The highest BCUT2D eigenvalue weighted by atomic mass is 16.2. The first-order valence-electron chi connectivity index (χ1n) is 7.59. The minimum atomic E-state index is -0.00428. The number of hydrogen-bond acceptors (Lipinski definition) is 2. The number of amides is 1. The van der Waals surface area contributed by atoms with Gasteiger partial charge in [0.25, 0.3) is 5.91 Å². The van der Waals surface area contributed by atoms with E-state index < -0.39 is 0 Å². The van der Waals surface area contributed by atoms with Crippen molar-refractivity contribution in [3.63, 3.8) is 0 Å². The summed E-state index contributed by atoms with van der Waals surface area (Å²) in [6, 6.07) is 2.25. The lowest BCUT2D eigenvalue weighted by molar-refractivity contribution is 0.0843. The van der Waals surface area contributed by atoms with E-state index in [1.54, 1.807) is 6.07 Å². The maximum atomic E-state index is 12.6. The summed E-state index contributed by atoms with van der Waals surface area (Å²) in [4.78, 5) is 12.6. The van der Waals surface area contributed by atoms with Gasteiger partial charge in [0, 0.05) is 18.3 Å². The van der Waals surface area contributed by atoms with E-state index in [9.17, 15) is 4.79 Å². The molecule has 0 bridgehead atoms. The van der Waals surface area contributed by atoms with Crippen LogP contribution in [0.3, 0.4) is 0 Å². The molecule has 112 valence electrons. The molecule has 1 amide bonds. The second-order valence-corrected chi connectivity index (χ2v) is 6.92. The van der Waals surface area contributed by atoms with Gasteiger partial charge in [-0.15, -0.1) is 0 Å². The van der Waals surface area contributed by atoms with Crippen LogP contribution in [0.2, 0.25) is 0 Å². The normalized spacial score (nSPS) is 21.9. The monoisotopic (exact) mass is 277 g/mol. The third kappa shape index (κ3) is 3.00. The van der Waals surface area contributed by atoms with Crippen LogP contribution in [-0.2, 0) is 0 Å². The van der Waals surface area contributed by atoms with E-state index in [-0.39, 0.29) is 23.4 Å². The van der Waals surface area contributed by atoms with E-state index in [2.05, 4.69) is 33.0 Å². The molecule has 1 atom stereocenters. The van der Waals surface area contributed by atoms with Crippen LogP contribution >= 0.6 is 0 Å². The van der Waals surface area contributed by atoms with E-state index in [1.807, 2.05) is 10.8 Å². The molecule has 1 aliphatic rings. The molecule has 0 aliphatic heterocycles. The number of carbonyl (C=O) groups is 1. The van der Waals surface area contributed by atoms with Gasteiger partial charge >= 0.3 is 0 Å². The van der Waals surface area contributed by atoms with Gasteiger partial charge in [-0.05, 0) is 38.2 Å². The Kier molecular flexibility index (Phi) is 4.11. The van der Waals surface area contributed by atoms with E-state index >= 15 is 0 Å². The van der Waals surface area contributed by atoms with Gasteiger partial charge in [0.15, 0.2) is 0 Å². The molecule has 2 rings (SSSR count). The molecule has 1 heterocycles. The van der Waals surface area contributed by atoms with Crippen molar-refractivity contribution in [1.29, 1.82) is 0 Å². The number of nitrogens with one attached hydrogen (secondary N) is 1. The van der Waals surface area contributed by atoms with Crippen LogP contribution in [-0.4, -0.2) is 16.5 Å². The summed E-state index contributed by atoms with van der Waals surface area (Å²) in [6.45, 7) is 8.60. The number of nitrogen functional groups attached to an aromatic ring is 1. The standard InChI is InChI=1S/C16H27N3O/c1-11(2)19-10-12(17)9-13(19)15(20)18-14-7-5-6-8-16(14,3)4/h9-11,14H,5-8,17H2,1-4H3,(H,18,20). The van der Waals surface area contributed by atoms with Crippen molar-refractivity contribution in [2.75, 3.05) is 5.73 Å².